The summed E-state index contributed by atoms with van der Waals surface area (Å²) in [6, 6.07) is 0. The lowest BCUT2D eigenvalue weighted by atomic mass is 10.1. The zero-order valence-electron chi connectivity index (χ0n) is 7.93. The van der Waals surface area contributed by atoms with Gasteiger partial charge in [0.25, 0.3) is 0 Å². The summed E-state index contributed by atoms with van der Waals surface area (Å²) in [7, 11) is 0. The van der Waals surface area contributed by atoms with E-state index in [0.29, 0.717) is 5.92 Å². The fourth-order valence-electron chi connectivity index (χ4n) is 1.56. The van der Waals surface area contributed by atoms with Crippen LogP contribution in [0.15, 0.2) is 12.3 Å². The molecular weight excluding hydrogens is 134 g/mol. The Hall–Kier alpha value is -0.460. The minimum atomic E-state index is 0.611. The monoisotopic (exact) mass is 153 g/mol. The Kier molecular flexibility index (Phi) is 2.58. The summed E-state index contributed by atoms with van der Waals surface area (Å²) in [5, 5.41) is 0. The van der Waals surface area contributed by atoms with Crippen LogP contribution < -0.4 is 0 Å². The van der Waals surface area contributed by atoms with Gasteiger partial charge < -0.3 is 4.90 Å². The first-order valence-electron chi connectivity index (χ1n) is 4.55. The molecule has 0 radical (unpaired) electrons. The molecule has 0 amide bonds. The molecule has 1 nitrogen and oxygen atoms in total. The highest BCUT2D eigenvalue weighted by Gasteiger charge is 2.20. The highest BCUT2D eigenvalue weighted by atomic mass is 15.2. The van der Waals surface area contributed by atoms with E-state index < -0.39 is 0 Å². The maximum absolute atomic E-state index is 4.10. The van der Waals surface area contributed by atoms with Crippen molar-refractivity contribution in [3.63, 3.8) is 0 Å². The lowest BCUT2D eigenvalue weighted by molar-refractivity contribution is 0.370. The van der Waals surface area contributed by atoms with Crippen LogP contribution in [0.25, 0.3) is 0 Å². The van der Waals surface area contributed by atoms with Crippen molar-refractivity contribution in [2.75, 3.05) is 13.1 Å². The molecule has 1 unspecified atom stereocenters. The molecule has 64 valence electrons. The first-order valence-corrected chi connectivity index (χ1v) is 4.55. The van der Waals surface area contributed by atoms with Crippen molar-refractivity contribution in [2.45, 2.75) is 27.2 Å². The van der Waals surface area contributed by atoms with Gasteiger partial charge in [-0.15, -0.1) is 0 Å². The predicted molar refractivity (Wildman–Crippen MR) is 49.3 cm³/mol. The molecule has 1 saturated heterocycles. The van der Waals surface area contributed by atoms with E-state index in [1.54, 1.807) is 0 Å². The number of likely N-dealkylation sites (tertiary alicyclic amines) is 1. The summed E-state index contributed by atoms with van der Waals surface area (Å²) in [6.07, 6.45) is 1.34. The third-order valence-electron chi connectivity index (χ3n) is 2.50. The minimum absolute atomic E-state index is 0.611. The van der Waals surface area contributed by atoms with Gasteiger partial charge in [0.2, 0.25) is 0 Å². The van der Waals surface area contributed by atoms with Crippen molar-refractivity contribution in [1.82, 2.24) is 4.90 Å². The topological polar surface area (TPSA) is 3.24 Å². The SMILES string of the molecule is C=C(C(C)C)N1CCC(C)C1. The molecule has 0 aromatic heterocycles. The van der Waals surface area contributed by atoms with Crippen molar-refractivity contribution in [1.29, 1.82) is 0 Å². The average molecular weight is 153 g/mol. The van der Waals surface area contributed by atoms with Crippen molar-refractivity contribution in [3.05, 3.63) is 12.3 Å². The van der Waals surface area contributed by atoms with Gasteiger partial charge in [-0.2, -0.15) is 0 Å². The molecule has 0 saturated carbocycles. The van der Waals surface area contributed by atoms with Gasteiger partial charge in [0.1, 0.15) is 0 Å². The molecule has 0 aromatic carbocycles. The van der Waals surface area contributed by atoms with Crippen LogP contribution in [0.2, 0.25) is 0 Å². The van der Waals surface area contributed by atoms with Crippen LogP contribution in [0.4, 0.5) is 0 Å². The standard InChI is InChI=1S/C10H19N/c1-8(2)10(4)11-6-5-9(3)7-11/h8-9H,4-7H2,1-3H3. The Morgan fingerprint density at radius 3 is 2.55 bits per heavy atom. The van der Waals surface area contributed by atoms with Crippen LogP contribution >= 0.6 is 0 Å². The first kappa shape index (κ1) is 8.63. The molecule has 0 aromatic rings. The Balaban J connectivity index is 2.43. The summed E-state index contributed by atoms with van der Waals surface area (Å²) in [5.41, 5.74) is 1.31. The number of allylic oxidation sites excluding steroid dienone is 1. The van der Waals surface area contributed by atoms with E-state index in [-0.39, 0.29) is 0 Å². The second-order valence-electron chi connectivity index (χ2n) is 3.99. The molecule has 1 rings (SSSR count). The van der Waals surface area contributed by atoms with E-state index in [2.05, 4.69) is 32.3 Å². The van der Waals surface area contributed by atoms with Gasteiger partial charge in [0.15, 0.2) is 0 Å². The molecule has 0 bridgehead atoms. The minimum Gasteiger partial charge on any atom is -0.375 e. The van der Waals surface area contributed by atoms with Crippen LogP contribution in [0.3, 0.4) is 0 Å². The molecule has 1 atom stereocenters. The van der Waals surface area contributed by atoms with E-state index in [1.165, 1.54) is 25.2 Å². The molecule has 1 heteroatoms. The summed E-state index contributed by atoms with van der Waals surface area (Å²) < 4.78 is 0. The summed E-state index contributed by atoms with van der Waals surface area (Å²) in [5.74, 6) is 1.48. The maximum Gasteiger partial charge on any atom is 0.0201 e. The van der Waals surface area contributed by atoms with E-state index in [0.717, 1.165) is 5.92 Å². The van der Waals surface area contributed by atoms with Gasteiger partial charge in [-0.05, 0) is 18.3 Å². The number of hydrogen-bond acceptors (Lipinski definition) is 1. The van der Waals surface area contributed by atoms with Gasteiger partial charge in [0.05, 0.1) is 0 Å². The van der Waals surface area contributed by atoms with E-state index in [4.69, 9.17) is 0 Å². The van der Waals surface area contributed by atoms with Gasteiger partial charge >= 0.3 is 0 Å². The van der Waals surface area contributed by atoms with Gasteiger partial charge in [0, 0.05) is 18.8 Å². The fourth-order valence-corrected chi connectivity index (χ4v) is 1.56. The summed E-state index contributed by atoms with van der Waals surface area (Å²) in [6.45, 7) is 13.3. The van der Waals surface area contributed by atoms with Crippen LogP contribution in [0, 0.1) is 11.8 Å². The molecule has 1 heterocycles. The molecule has 1 aliphatic rings. The lowest BCUT2D eigenvalue weighted by Gasteiger charge is -2.23. The first-order chi connectivity index (χ1) is 5.11. The molecule has 11 heavy (non-hydrogen) atoms. The molecule has 1 aliphatic heterocycles. The molecule has 1 fully saturated rings. The van der Waals surface area contributed by atoms with E-state index in [1.807, 2.05) is 0 Å². The third-order valence-corrected chi connectivity index (χ3v) is 2.50. The summed E-state index contributed by atoms with van der Waals surface area (Å²) in [4.78, 5) is 2.43. The Bertz CT molecular complexity index is 149. The number of rotatable bonds is 2. The van der Waals surface area contributed by atoms with Crippen molar-refractivity contribution >= 4 is 0 Å². The second-order valence-corrected chi connectivity index (χ2v) is 3.99. The Labute approximate surface area is 70.1 Å². The van der Waals surface area contributed by atoms with Crippen LogP contribution in [0.1, 0.15) is 27.2 Å². The molecular formula is C10H19N. The van der Waals surface area contributed by atoms with Gasteiger partial charge in [-0.3, -0.25) is 0 Å². The van der Waals surface area contributed by atoms with Crippen LogP contribution in [0.5, 0.6) is 0 Å². The predicted octanol–water partition coefficient (Wildman–Crippen LogP) is 2.50. The number of nitrogens with zero attached hydrogens (tertiary/aromatic N) is 1. The molecule has 0 spiro atoms. The Morgan fingerprint density at radius 1 is 1.55 bits per heavy atom. The van der Waals surface area contributed by atoms with Crippen LogP contribution in [-0.2, 0) is 0 Å². The summed E-state index contributed by atoms with van der Waals surface area (Å²) >= 11 is 0. The third kappa shape index (κ3) is 1.98. The normalized spacial score (nSPS) is 24.7. The maximum atomic E-state index is 4.10. The number of hydrogen-bond donors (Lipinski definition) is 0. The highest BCUT2D eigenvalue weighted by Crippen LogP contribution is 2.22. The lowest BCUT2D eigenvalue weighted by Crippen LogP contribution is -2.21. The van der Waals surface area contributed by atoms with Gasteiger partial charge in [-0.25, -0.2) is 0 Å². The van der Waals surface area contributed by atoms with Crippen LogP contribution in [-0.4, -0.2) is 18.0 Å². The van der Waals surface area contributed by atoms with E-state index in [9.17, 15) is 0 Å². The largest absolute Gasteiger partial charge is 0.375 e. The Morgan fingerprint density at radius 2 is 2.18 bits per heavy atom. The smallest absolute Gasteiger partial charge is 0.0201 e. The van der Waals surface area contributed by atoms with E-state index >= 15 is 0 Å². The van der Waals surface area contributed by atoms with Gasteiger partial charge in [-0.1, -0.05) is 27.4 Å². The fraction of sp³-hybridized carbons (Fsp3) is 0.800. The van der Waals surface area contributed by atoms with Crippen molar-refractivity contribution in [2.24, 2.45) is 11.8 Å². The average Bonchev–Trinajstić information content (AvgIpc) is 2.34. The molecule has 0 aliphatic carbocycles. The zero-order valence-corrected chi connectivity index (χ0v) is 7.93. The van der Waals surface area contributed by atoms with Crippen molar-refractivity contribution < 1.29 is 0 Å². The second kappa shape index (κ2) is 3.29. The highest BCUT2D eigenvalue weighted by molar-refractivity contribution is 4.99. The van der Waals surface area contributed by atoms with Crippen molar-refractivity contribution in [3.8, 4) is 0 Å². The quantitative estimate of drug-likeness (QED) is 0.589. The molecule has 0 N–H and O–H groups in total. The zero-order chi connectivity index (χ0) is 8.43.